The van der Waals surface area contributed by atoms with Gasteiger partial charge in [0.25, 0.3) is 0 Å². The van der Waals surface area contributed by atoms with E-state index in [1.165, 1.54) is 10.4 Å². The van der Waals surface area contributed by atoms with Crippen molar-refractivity contribution >= 4 is 43.1 Å². The summed E-state index contributed by atoms with van der Waals surface area (Å²) in [5.41, 5.74) is 1.23. The molecule has 10 heteroatoms. The molecule has 2 saturated heterocycles. The zero-order chi connectivity index (χ0) is 21.6. The second kappa shape index (κ2) is 8.05. The third kappa shape index (κ3) is 3.92. The van der Waals surface area contributed by atoms with E-state index in [-0.39, 0.29) is 29.4 Å². The average Bonchev–Trinajstić information content (AvgIpc) is 3.20. The van der Waals surface area contributed by atoms with Crippen LogP contribution in [0.5, 0.6) is 0 Å². The highest BCUT2D eigenvalue weighted by molar-refractivity contribution is 7.91. The number of hydrogen-bond acceptors (Lipinski definition) is 8. The molecule has 4 rings (SSSR count). The van der Waals surface area contributed by atoms with Gasteiger partial charge in [-0.3, -0.25) is 9.80 Å². The summed E-state index contributed by atoms with van der Waals surface area (Å²) in [6.07, 6.45) is 3.60. The van der Waals surface area contributed by atoms with Crippen LogP contribution in [-0.2, 0) is 14.6 Å². The zero-order valence-corrected chi connectivity index (χ0v) is 19.6. The van der Waals surface area contributed by atoms with Crippen molar-refractivity contribution in [2.75, 3.05) is 43.6 Å². The van der Waals surface area contributed by atoms with Crippen molar-refractivity contribution in [1.29, 1.82) is 0 Å². The number of carbonyl (C=O) groups is 1. The van der Waals surface area contributed by atoms with Gasteiger partial charge in [-0.05, 0) is 38.7 Å². The van der Waals surface area contributed by atoms with Gasteiger partial charge in [0.2, 0.25) is 5.91 Å². The third-order valence-corrected chi connectivity index (χ3v) is 9.17. The predicted molar refractivity (Wildman–Crippen MR) is 119 cm³/mol. The fourth-order valence-corrected chi connectivity index (χ4v) is 7.28. The lowest BCUT2D eigenvalue weighted by molar-refractivity contribution is -0.154. The molecule has 8 nitrogen and oxygen atoms in total. The van der Waals surface area contributed by atoms with Crippen LogP contribution in [-0.4, -0.2) is 79.0 Å². The molecule has 1 unspecified atom stereocenters. The summed E-state index contributed by atoms with van der Waals surface area (Å²) >= 11 is 1.69. The highest BCUT2D eigenvalue weighted by Gasteiger charge is 2.39. The molecule has 2 fully saturated rings. The lowest BCUT2D eigenvalue weighted by Crippen LogP contribution is -2.53. The normalized spacial score (nSPS) is 22.2. The zero-order valence-electron chi connectivity index (χ0n) is 18.0. The molecule has 2 aromatic heterocycles. The van der Waals surface area contributed by atoms with Crippen molar-refractivity contribution in [2.45, 2.75) is 39.2 Å². The van der Waals surface area contributed by atoms with Gasteiger partial charge in [-0.2, -0.15) is 0 Å². The standard InChI is InChI=1S/C20H29N5O3S2/c1-13-14(2)29-19-17(13)18(21-12-22-19)24-8-5-15(6-9-24)20(26)25(23(3)4)16-7-10-30(27,28)11-16/h12,15-16H,5-11H2,1-4H3. The summed E-state index contributed by atoms with van der Waals surface area (Å²) in [6, 6.07) is -0.256. The maximum absolute atomic E-state index is 13.3. The molecule has 2 aromatic rings. The van der Waals surface area contributed by atoms with Crippen LogP contribution in [0.2, 0.25) is 0 Å². The fourth-order valence-electron chi connectivity index (χ4n) is 4.60. The Kier molecular flexibility index (Phi) is 5.75. The second-order valence-electron chi connectivity index (χ2n) is 8.51. The topological polar surface area (TPSA) is 86.7 Å². The summed E-state index contributed by atoms with van der Waals surface area (Å²) in [5, 5.41) is 4.56. The molecule has 30 heavy (non-hydrogen) atoms. The smallest absolute Gasteiger partial charge is 0.240 e. The number of carbonyl (C=O) groups excluding carboxylic acids is 1. The molecule has 4 heterocycles. The summed E-state index contributed by atoms with van der Waals surface area (Å²) in [6.45, 7) is 5.72. The van der Waals surface area contributed by atoms with Crippen LogP contribution >= 0.6 is 11.3 Å². The largest absolute Gasteiger partial charge is 0.356 e. The van der Waals surface area contributed by atoms with Crippen LogP contribution in [0, 0.1) is 19.8 Å². The molecule has 2 aliphatic rings. The van der Waals surface area contributed by atoms with Crippen LogP contribution in [0.1, 0.15) is 29.7 Å². The van der Waals surface area contributed by atoms with Gasteiger partial charge in [0, 0.05) is 38.0 Å². The van der Waals surface area contributed by atoms with Gasteiger partial charge >= 0.3 is 0 Å². The van der Waals surface area contributed by atoms with E-state index in [1.807, 2.05) is 14.1 Å². The number of hydrazine groups is 1. The maximum atomic E-state index is 13.3. The summed E-state index contributed by atoms with van der Waals surface area (Å²) in [7, 11) is 0.586. The van der Waals surface area contributed by atoms with Gasteiger partial charge in [0.05, 0.1) is 22.9 Å². The van der Waals surface area contributed by atoms with E-state index in [0.29, 0.717) is 6.42 Å². The number of piperidine rings is 1. The summed E-state index contributed by atoms with van der Waals surface area (Å²) in [5.74, 6) is 1.12. The van der Waals surface area contributed by atoms with E-state index in [9.17, 15) is 13.2 Å². The third-order valence-electron chi connectivity index (χ3n) is 6.30. The Morgan fingerprint density at radius 1 is 1.17 bits per heavy atom. The minimum atomic E-state index is -3.05. The van der Waals surface area contributed by atoms with Crippen LogP contribution in [0.25, 0.3) is 10.2 Å². The van der Waals surface area contributed by atoms with Crippen molar-refractivity contribution in [1.82, 2.24) is 20.0 Å². The van der Waals surface area contributed by atoms with Gasteiger partial charge in [-0.1, -0.05) is 0 Å². The molecule has 0 aromatic carbocycles. The Balaban J connectivity index is 1.48. The van der Waals surface area contributed by atoms with E-state index in [2.05, 4.69) is 28.7 Å². The number of aromatic nitrogens is 2. The van der Waals surface area contributed by atoms with Crippen molar-refractivity contribution in [3.05, 3.63) is 16.8 Å². The molecular weight excluding hydrogens is 422 g/mol. The monoisotopic (exact) mass is 451 g/mol. The summed E-state index contributed by atoms with van der Waals surface area (Å²) < 4.78 is 23.9. The van der Waals surface area contributed by atoms with E-state index in [1.54, 1.807) is 27.7 Å². The number of aryl methyl sites for hydroxylation is 2. The first-order valence-corrected chi connectivity index (χ1v) is 13.0. The maximum Gasteiger partial charge on any atom is 0.240 e. The van der Waals surface area contributed by atoms with Gasteiger partial charge in [0.1, 0.15) is 17.0 Å². The molecule has 2 aliphatic heterocycles. The van der Waals surface area contributed by atoms with Crippen molar-refractivity contribution in [3.8, 4) is 0 Å². The lowest BCUT2D eigenvalue weighted by Gasteiger charge is -2.39. The molecule has 1 amide bonds. The number of rotatable bonds is 4. The van der Waals surface area contributed by atoms with Crippen LogP contribution in [0.3, 0.4) is 0 Å². The van der Waals surface area contributed by atoms with Gasteiger partial charge in [-0.15, -0.1) is 11.3 Å². The Hall–Kier alpha value is -1.78. The van der Waals surface area contributed by atoms with Crippen LogP contribution < -0.4 is 4.90 Å². The number of amides is 1. The predicted octanol–water partition coefficient (Wildman–Crippen LogP) is 2.02. The molecule has 1 atom stereocenters. The molecule has 0 bridgehead atoms. The van der Waals surface area contributed by atoms with E-state index in [4.69, 9.17) is 0 Å². The molecule has 0 N–H and O–H groups in total. The quantitative estimate of drug-likeness (QED) is 0.657. The van der Waals surface area contributed by atoms with Crippen LogP contribution in [0.4, 0.5) is 5.82 Å². The molecule has 0 aliphatic carbocycles. The highest BCUT2D eigenvalue weighted by Crippen LogP contribution is 2.36. The number of thiophene rings is 1. The van der Waals surface area contributed by atoms with Crippen LogP contribution in [0.15, 0.2) is 6.33 Å². The first kappa shape index (κ1) is 21.5. The first-order valence-electron chi connectivity index (χ1n) is 10.3. The molecule has 0 spiro atoms. The number of nitrogens with zero attached hydrogens (tertiary/aromatic N) is 5. The molecule has 0 saturated carbocycles. The average molecular weight is 452 g/mol. The highest BCUT2D eigenvalue weighted by atomic mass is 32.2. The molecular formula is C20H29N5O3S2. The molecule has 0 radical (unpaired) electrons. The fraction of sp³-hybridized carbons (Fsp3) is 0.650. The molecule has 164 valence electrons. The SMILES string of the molecule is Cc1sc2ncnc(N3CCC(C(=O)N(C4CCS(=O)(=O)C4)N(C)C)CC3)c2c1C. The number of fused-ring (bicyclic) bond motifs is 1. The minimum Gasteiger partial charge on any atom is -0.356 e. The van der Waals surface area contributed by atoms with Crippen molar-refractivity contribution in [2.24, 2.45) is 5.92 Å². The number of hydrogen-bond donors (Lipinski definition) is 0. The Labute approximate surface area is 181 Å². The van der Waals surface area contributed by atoms with E-state index in [0.717, 1.165) is 42.0 Å². The Morgan fingerprint density at radius 2 is 1.87 bits per heavy atom. The van der Waals surface area contributed by atoms with E-state index >= 15 is 0 Å². The van der Waals surface area contributed by atoms with Crippen molar-refractivity contribution < 1.29 is 13.2 Å². The van der Waals surface area contributed by atoms with Gasteiger partial charge in [-0.25, -0.2) is 23.4 Å². The second-order valence-corrected chi connectivity index (χ2v) is 11.9. The minimum absolute atomic E-state index is 0.0390. The Morgan fingerprint density at radius 3 is 2.47 bits per heavy atom. The van der Waals surface area contributed by atoms with Gasteiger partial charge in [0.15, 0.2) is 9.84 Å². The number of anilines is 1. The Bertz CT molecular complexity index is 1060. The van der Waals surface area contributed by atoms with E-state index < -0.39 is 9.84 Å². The lowest BCUT2D eigenvalue weighted by atomic mass is 9.94. The first-order chi connectivity index (χ1) is 14.2. The summed E-state index contributed by atoms with van der Waals surface area (Å²) in [4.78, 5) is 26.8. The van der Waals surface area contributed by atoms with Crippen molar-refractivity contribution in [3.63, 3.8) is 0 Å². The van der Waals surface area contributed by atoms with Gasteiger partial charge < -0.3 is 4.90 Å². The number of sulfone groups is 1.